The summed E-state index contributed by atoms with van der Waals surface area (Å²) in [6.45, 7) is 9.32. The highest BCUT2D eigenvalue weighted by atomic mass is 19.1. The summed E-state index contributed by atoms with van der Waals surface area (Å²) in [6, 6.07) is 3.83. The molecule has 0 aliphatic carbocycles. The van der Waals surface area contributed by atoms with E-state index in [9.17, 15) is 8.78 Å². The summed E-state index contributed by atoms with van der Waals surface area (Å²) in [5.41, 5.74) is 0.555. The summed E-state index contributed by atoms with van der Waals surface area (Å²) in [5.74, 6) is -1.49. The summed E-state index contributed by atoms with van der Waals surface area (Å²) in [5, 5.41) is 0. The second-order valence-corrected chi connectivity index (χ2v) is 7.41. The molecule has 0 aromatic heterocycles. The van der Waals surface area contributed by atoms with Crippen LogP contribution in [0.4, 0.5) is 8.78 Å². The van der Waals surface area contributed by atoms with Crippen molar-refractivity contribution in [1.29, 1.82) is 0 Å². The lowest BCUT2D eigenvalue weighted by Crippen LogP contribution is -2.41. The molecule has 0 aliphatic heterocycles. The molecule has 0 heterocycles. The first-order valence-electron chi connectivity index (χ1n) is 10.7. The fraction of sp³-hybridized carbons (Fsp3) is 0.739. The number of unbranched alkanes of at least 4 members (excludes halogenated alkanes) is 5. The molecule has 0 radical (unpaired) electrons. The van der Waals surface area contributed by atoms with Crippen LogP contribution < -0.4 is 0 Å². The van der Waals surface area contributed by atoms with Crippen LogP contribution in [-0.2, 0) is 15.9 Å². The molecule has 1 unspecified atom stereocenters. The number of halogens is 2. The molecule has 0 N–H and O–H groups in total. The highest BCUT2D eigenvalue weighted by Crippen LogP contribution is 2.33. The average molecular weight is 385 g/mol. The van der Waals surface area contributed by atoms with Crippen molar-refractivity contribution in [2.75, 3.05) is 13.2 Å². The number of aryl methyl sites for hydroxylation is 1. The van der Waals surface area contributed by atoms with E-state index < -0.39 is 17.4 Å². The molecule has 0 saturated carbocycles. The maximum atomic E-state index is 14.0. The first-order valence-corrected chi connectivity index (χ1v) is 10.7. The van der Waals surface area contributed by atoms with Crippen molar-refractivity contribution in [2.45, 2.75) is 91.3 Å². The molecular formula is C23H38F2O2. The van der Waals surface area contributed by atoms with Gasteiger partial charge < -0.3 is 9.47 Å². The highest BCUT2D eigenvalue weighted by Gasteiger charge is 2.35. The van der Waals surface area contributed by atoms with Gasteiger partial charge in [0.1, 0.15) is 11.6 Å². The van der Waals surface area contributed by atoms with Crippen molar-refractivity contribution in [1.82, 2.24) is 0 Å². The molecule has 1 rings (SSSR count). The Morgan fingerprint density at radius 1 is 0.889 bits per heavy atom. The van der Waals surface area contributed by atoms with Crippen LogP contribution in [0.5, 0.6) is 0 Å². The predicted octanol–water partition coefficient (Wildman–Crippen LogP) is 7.05. The Morgan fingerprint density at radius 3 is 2.11 bits per heavy atom. The largest absolute Gasteiger partial charge is 0.350 e. The van der Waals surface area contributed by atoms with Gasteiger partial charge in [0.2, 0.25) is 0 Å². The smallest absolute Gasteiger partial charge is 0.168 e. The van der Waals surface area contributed by atoms with E-state index in [2.05, 4.69) is 6.92 Å². The van der Waals surface area contributed by atoms with Gasteiger partial charge in [0.05, 0.1) is 0 Å². The van der Waals surface area contributed by atoms with Gasteiger partial charge in [-0.05, 0) is 51.7 Å². The fourth-order valence-corrected chi connectivity index (χ4v) is 3.74. The molecule has 1 aromatic rings. The standard InChI is InChI=1S/C23H38F2O2/c1-5-8-9-10-11-12-13-20(23(4,26-6-2)27-7-3)16-14-19-15-17-21(24)18-22(19)25/h15,17-18,20H,5-14,16H2,1-4H3. The number of benzene rings is 1. The molecule has 27 heavy (non-hydrogen) atoms. The third kappa shape index (κ3) is 8.69. The van der Waals surface area contributed by atoms with E-state index in [0.29, 0.717) is 25.2 Å². The van der Waals surface area contributed by atoms with Crippen LogP contribution in [0.3, 0.4) is 0 Å². The van der Waals surface area contributed by atoms with Gasteiger partial charge in [-0.1, -0.05) is 51.5 Å². The van der Waals surface area contributed by atoms with Crippen molar-refractivity contribution in [2.24, 2.45) is 5.92 Å². The molecule has 0 saturated heterocycles. The van der Waals surface area contributed by atoms with Crippen LogP contribution in [0, 0.1) is 17.6 Å². The zero-order valence-electron chi connectivity index (χ0n) is 17.7. The van der Waals surface area contributed by atoms with Crippen LogP contribution in [0.15, 0.2) is 18.2 Å². The molecule has 1 aromatic carbocycles. The lowest BCUT2D eigenvalue weighted by molar-refractivity contribution is -0.254. The number of hydrogen-bond donors (Lipinski definition) is 0. The van der Waals surface area contributed by atoms with Crippen molar-refractivity contribution < 1.29 is 18.3 Å². The maximum absolute atomic E-state index is 14.0. The third-order valence-electron chi connectivity index (χ3n) is 5.29. The minimum absolute atomic E-state index is 0.174. The molecule has 0 aliphatic rings. The van der Waals surface area contributed by atoms with E-state index in [1.807, 2.05) is 20.8 Å². The Kier molecular flexibility index (Phi) is 11.8. The highest BCUT2D eigenvalue weighted by molar-refractivity contribution is 5.18. The molecule has 0 spiro atoms. The minimum atomic E-state index is -0.663. The van der Waals surface area contributed by atoms with Crippen LogP contribution in [0.2, 0.25) is 0 Å². The van der Waals surface area contributed by atoms with E-state index in [4.69, 9.17) is 9.47 Å². The Balaban J connectivity index is 2.73. The van der Waals surface area contributed by atoms with E-state index in [-0.39, 0.29) is 5.92 Å². The van der Waals surface area contributed by atoms with Gasteiger partial charge in [-0.3, -0.25) is 0 Å². The molecule has 0 amide bonds. The van der Waals surface area contributed by atoms with Crippen LogP contribution in [-0.4, -0.2) is 19.0 Å². The fourth-order valence-electron chi connectivity index (χ4n) is 3.74. The average Bonchev–Trinajstić information content (AvgIpc) is 2.62. The van der Waals surface area contributed by atoms with Gasteiger partial charge in [0, 0.05) is 25.2 Å². The minimum Gasteiger partial charge on any atom is -0.350 e. The van der Waals surface area contributed by atoms with E-state index in [0.717, 1.165) is 25.3 Å². The van der Waals surface area contributed by atoms with Crippen molar-refractivity contribution in [3.05, 3.63) is 35.4 Å². The van der Waals surface area contributed by atoms with Crippen LogP contribution >= 0.6 is 0 Å². The first kappa shape index (κ1) is 24.0. The molecular weight excluding hydrogens is 346 g/mol. The molecule has 0 fully saturated rings. The molecule has 1 atom stereocenters. The number of hydrogen-bond acceptors (Lipinski definition) is 2. The number of ether oxygens (including phenoxy) is 2. The van der Waals surface area contributed by atoms with Crippen molar-refractivity contribution >= 4 is 0 Å². The van der Waals surface area contributed by atoms with Gasteiger partial charge in [0.15, 0.2) is 5.79 Å². The second kappa shape index (κ2) is 13.2. The summed E-state index contributed by atoms with van der Waals surface area (Å²) in [7, 11) is 0. The lowest BCUT2D eigenvalue weighted by Gasteiger charge is -2.37. The summed E-state index contributed by atoms with van der Waals surface area (Å²) in [4.78, 5) is 0. The summed E-state index contributed by atoms with van der Waals surface area (Å²) in [6.07, 6.45) is 9.72. The number of rotatable bonds is 15. The van der Waals surface area contributed by atoms with Crippen molar-refractivity contribution in [3.63, 3.8) is 0 Å². The van der Waals surface area contributed by atoms with Gasteiger partial charge in [0.25, 0.3) is 0 Å². The van der Waals surface area contributed by atoms with Crippen molar-refractivity contribution in [3.8, 4) is 0 Å². The Morgan fingerprint density at radius 2 is 1.52 bits per heavy atom. The van der Waals surface area contributed by atoms with Crippen LogP contribution in [0.25, 0.3) is 0 Å². The van der Waals surface area contributed by atoms with Crippen LogP contribution in [0.1, 0.15) is 84.6 Å². The monoisotopic (exact) mass is 384 g/mol. The van der Waals surface area contributed by atoms with E-state index >= 15 is 0 Å². The topological polar surface area (TPSA) is 18.5 Å². The Hall–Kier alpha value is -1.00. The lowest BCUT2D eigenvalue weighted by atomic mass is 9.87. The zero-order chi connectivity index (χ0) is 20.1. The summed E-state index contributed by atoms with van der Waals surface area (Å²) >= 11 is 0. The Bertz CT molecular complexity index is 513. The molecule has 4 heteroatoms. The molecule has 2 nitrogen and oxygen atoms in total. The van der Waals surface area contributed by atoms with Gasteiger partial charge in [-0.15, -0.1) is 0 Å². The maximum Gasteiger partial charge on any atom is 0.168 e. The quantitative estimate of drug-likeness (QED) is 0.238. The third-order valence-corrected chi connectivity index (χ3v) is 5.29. The SMILES string of the molecule is CCCCCCCCC(CCc1ccc(F)cc1F)C(C)(OCC)OCC. The van der Waals surface area contributed by atoms with E-state index in [1.54, 1.807) is 6.07 Å². The molecule has 156 valence electrons. The van der Waals surface area contributed by atoms with Gasteiger partial charge in [-0.25, -0.2) is 8.78 Å². The van der Waals surface area contributed by atoms with Gasteiger partial charge in [-0.2, -0.15) is 0 Å². The van der Waals surface area contributed by atoms with E-state index in [1.165, 1.54) is 38.2 Å². The zero-order valence-corrected chi connectivity index (χ0v) is 17.7. The normalized spacial score (nSPS) is 13.1. The Labute approximate surface area is 164 Å². The first-order chi connectivity index (χ1) is 13.0. The summed E-state index contributed by atoms with van der Waals surface area (Å²) < 4.78 is 39.1. The van der Waals surface area contributed by atoms with Gasteiger partial charge >= 0.3 is 0 Å². The molecule has 0 bridgehead atoms. The second-order valence-electron chi connectivity index (χ2n) is 7.41. The predicted molar refractivity (Wildman–Crippen MR) is 108 cm³/mol.